The van der Waals surface area contributed by atoms with Gasteiger partial charge in [-0.3, -0.25) is 9.79 Å². The van der Waals surface area contributed by atoms with Gasteiger partial charge in [0.15, 0.2) is 5.96 Å². The zero-order chi connectivity index (χ0) is 17.4. The number of esters is 1. The van der Waals surface area contributed by atoms with Crippen LogP contribution in [0.2, 0.25) is 0 Å². The van der Waals surface area contributed by atoms with E-state index in [4.69, 9.17) is 4.74 Å². The van der Waals surface area contributed by atoms with Gasteiger partial charge in [0, 0.05) is 39.3 Å². The number of ether oxygens (including phenoxy) is 1. The van der Waals surface area contributed by atoms with Crippen LogP contribution in [0.1, 0.15) is 45.4 Å². The average Bonchev–Trinajstić information content (AvgIpc) is 3.14. The van der Waals surface area contributed by atoms with E-state index in [1.54, 1.807) is 0 Å². The first-order valence-electron chi connectivity index (χ1n) is 9.48. The standard InChI is InChI=1S/C18H34N4O2.HI/c1-4-24-17(23)15-9-12-22(13-10-15)18(19-2)20-11-14-21(3)16-7-5-6-8-16;/h15-16H,4-14H2,1-3H3,(H,19,20);1H. The maximum atomic E-state index is 11.8. The van der Waals surface area contributed by atoms with Crippen LogP contribution in [-0.4, -0.2) is 74.7 Å². The van der Waals surface area contributed by atoms with Crippen LogP contribution in [0.5, 0.6) is 0 Å². The Morgan fingerprint density at radius 3 is 2.44 bits per heavy atom. The highest BCUT2D eigenvalue weighted by Gasteiger charge is 2.27. The smallest absolute Gasteiger partial charge is 0.309 e. The number of nitrogens with zero attached hydrogens (tertiary/aromatic N) is 3. The molecule has 1 saturated heterocycles. The zero-order valence-electron chi connectivity index (χ0n) is 16.0. The quantitative estimate of drug-likeness (QED) is 0.282. The van der Waals surface area contributed by atoms with E-state index in [2.05, 4.69) is 27.2 Å². The Morgan fingerprint density at radius 2 is 1.88 bits per heavy atom. The molecule has 0 radical (unpaired) electrons. The highest BCUT2D eigenvalue weighted by Crippen LogP contribution is 2.22. The molecule has 0 aromatic rings. The minimum Gasteiger partial charge on any atom is -0.466 e. The second kappa shape index (κ2) is 11.9. The van der Waals surface area contributed by atoms with Gasteiger partial charge in [-0.2, -0.15) is 0 Å². The predicted molar refractivity (Wildman–Crippen MR) is 113 cm³/mol. The summed E-state index contributed by atoms with van der Waals surface area (Å²) >= 11 is 0. The Kier molecular flexibility index (Phi) is 10.7. The van der Waals surface area contributed by atoms with Crippen molar-refractivity contribution in [1.29, 1.82) is 0 Å². The number of hydrogen-bond acceptors (Lipinski definition) is 4. The van der Waals surface area contributed by atoms with Crippen molar-refractivity contribution in [2.24, 2.45) is 10.9 Å². The largest absolute Gasteiger partial charge is 0.466 e. The number of likely N-dealkylation sites (N-methyl/N-ethyl adjacent to an activating group) is 1. The number of aliphatic imine (C=N–C) groups is 1. The Balaban J connectivity index is 0.00000312. The third-order valence-electron chi connectivity index (χ3n) is 5.32. The van der Waals surface area contributed by atoms with E-state index in [9.17, 15) is 4.79 Å². The number of hydrogen-bond donors (Lipinski definition) is 1. The van der Waals surface area contributed by atoms with Gasteiger partial charge in [0.05, 0.1) is 12.5 Å². The summed E-state index contributed by atoms with van der Waals surface area (Å²) in [5.74, 6) is 0.961. The third-order valence-corrected chi connectivity index (χ3v) is 5.32. The third kappa shape index (κ3) is 6.92. The second-order valence-corrected chi connectivity index (χ2v) is 6.91. The fraction of sp³-hybridized carbons (Fsp3) is 0.889. The van der Waals surface area contributed by atoms with Crippen molar-refractivity contribution in [3.8, 4) is 0 Å². The molecule has 1 saturated carbocycles. The molecule has 0 spiro atoms. The highest BCUT2D eigenvalue weighted by atomic mass is 127. The van der Waals surface area contributed by atoms with Crippen LogP contribution in [0.15, 0.2) is 4.99 Å². The molecule has 1 aliphatic carbocycles. The number of likely N-dealkylation sites (tertiary alicyclic amines) is 1. The molecule has 0 bridgehead atoms. The lowest BCUT2D eigenvalue weighted by Crippen LogP contribution is -2.48. The van der Waals surface area contributed by atoms with Crippen LogP contribution >= 0.6 is 24.0 Å². The van der Waals surface area contributed by atoms with Crippen molar-refractivity contribution < 1.29 is 9.53 Å². The number of rotatable bonds is 6. The summed E-state index contributed by atoms with van der Waals surface area (Å²) in [5.41, 5.74) is 0. The molecular formula is C18H35IN4O2. The maximum Gasteiger partial charge on any atom is 0.309 e. The fourth-order valence-corrected chi connectivity index (χ4v) is 3.79. The molecule has 2 rings (SSSR count). The van der Waals surface area contributed by atoms with Gasteiger partial charge < -0.3 is 19.9 Å². The van der Waals surface area contributed by atoms with Gasteiger partial charge in [0.2, 0.25) is 0 Å². The average molecular weight is 466 g/mol. The Morgan fingerprint density at radius 1 is 1.24 bits per heavy atom. The fourth-order valence-electron chi connectivity index (χ4n) is 3.79. The lowest BCUT2D eigenvalue weighted by molar-refractivity contribution is -0.149. The molecule has 0 unspecified atom stereocenters. The topological polar surface area (TPSA) is 57.2 Å². The Hall–Kier alpha value is -0.570. The minimum absolute atomic E-state index is 0. The molecule has 25 heavy (non-hydrogen) atoms. The van der Waals surface area contributed by atoms with Crippen molar-refractivity contribution >= 4 is 35.9 Å². The van der Waals surface area contributed by atoms with Crippen molar-refractivity contribution in [2.45, 2.75) is 51.5 Å². The Labute approximate surface area is 169 Å². The molecular weight excluding hydrogens is 431 g/mol. The van der Waals surface area contributed by atoms with Crippen LogP contribution in [0, 0.1) is 5.92 Å². The zero-order valence-corrected chi connectivity index (χ0v) is 18.3. The minimum atomic E-state index is -0.0433. The van der Waals surface area contributed by atoms with Crippen LogP contribution in [0.25, 0.3) is 0 Å². The van der Waals surface area contributed by atoms with Crippen LogP contribution in [0.4, 0.5) is 0 Å². The van der Waals surface area contributed by atoms with Gasteiger partial charge in [0.25, 0.3) is 0 Å². The molecule has 1 aliphatic heterocycles. The van der Waals surface area contributed by atoms with E-state index < -0.39 is 0 Å². The van der Waals surface area contributed by atoms with E-state index in [0.717, 1.165) is 51.0 Å². The number of halogens is 1. The molecule has 146 valence electrons. The number of piperidine rings is 1. The maximum absolute atomic E-state index is 11.8. The van der Waals surface area contributed by atoms with E-state index in [-0.39, 0.29) is 35.9 Å². The molecule has 1 heterocycles. The second-order valence-electron chi connectivity index (χ2n) is 6.91. The van der Waals surface area contributed by atoms with E-state index in [0.29, 0.717) is 6.61 Å². The summed E-state index contributed by atoms with van der Waals surface area (Å²) < 4.78 is 5.13. The van der Waals surface area contributed by atoms with E-state index >= 15 is 0 Å². The summed E-state index contributed by atoms with van der Waals surface area (Å²) in [6, 6.07) is 0.758. The van der Waals surface area contributed by atoms with Crippen molar-refractivity contribution in [1.82, 2.24) is 15.1 Å². The normalized spacial score (nSPS) is 19.8. The molecule has 2 aliphatic rings. The van der Waals surface area contributed by atoms with Crippen LogP contribution < -0.4 is 5.32 Å². The molecule has 1 N–H and O–H groups in total. The molecule has 2 fully saturated rings. The van der Waals surface area contributed by atoms with Gasteiger partial charge >= 0.3 is 5.97 Å². The first kappa shape index (κ1) is 22.5. The van der Waals surface area contributed by atoms with Gasteiger partial charge in [-0.15, -0.1) is 24.0 Å². The SMILES string of the molecule is CCOC(=O)C1CCN(C(=NC)NCCN(C)C2CCCC2)CC1.I. The van der Waals surface area contributed by atoms with Crippen molar-refractivity contribution in [3.63, 3.8) is 0 Å². The first-order valence-corrected chi connectivity index (χ1v) is 9.48. The molecule has 0 aromatic carbocycles. The number of carbonyl (C=O) groups is 1. The predicted octanol–water partition coefficient (Wildman–Crippen LogP) is 2.33. The summed E-state index contributed by atoms with van der Waals surface area (Å²) in [6.07, 6.45) is 7.13. The summed E-state index contributed by atoms with van der Waals surface area (Å²) in [4.78, 5) is 21.0. The highest BCUT2D eigenvalue weighted by molar-refractivity contribution is 14.0. The summed E-state index contributed by atoms with van der Waals surface area (Å²) in [7, 11) is 4.06. The number of guanidine groups is 1. The lowest BCUT2D eigenvalue weighted by atomic mass is 9.97. The summed E-state index contributed by atoms with van der Waals surface area (Å²) in [6.45, 7) is 6.02. The van der Waals surface area contributed by atoms with Gasteiger partial charge in [-0.05, 0) is 39.7 Å². The van der Waals surface area contributed by atoms with Crippen LogP contribution in [0.3, 0.4) is 0 Å². The molecule has 0 aromatic heterocycles. The van der Waals surface area contributed by atoms with Crippen LogP contribution in [-0.2, 0) is 9.53 Å². The summed E-state index contributed by atoms with van der Waals surface area (Å²) in [5, 5.41) is 3.48. The molecule has 0 amide bonds. The molecule has 7 heteroatoms. The van der Waals surface area contributed by atoms with Gasteiger partial charge in [-0.25, -0.2) is 0 Å². The lowest BCUT2D eigenvalue weighted by Gasteiger charge is -2.33. The number of carbonyl (C=O) groups excluding carboxylic acids is 1. The van der Waals surface area contributed by atoms with Crippen molar-refractivity contribution in [2.75, 3.05) is 46.9 Å². The van der Waals surface area contributed by atoms with Gasteiger partial charge in [-0.1, -0.05) is 12.8 Å². The van der Waals surface area contributed by atoms with Crippen molar-refractivity contribution in [3.05, 3.63) is 0 Å². The van der Waals surface area contributed by atoms with E-state index in [1.807, 2.05) is 14.0 Å². The monoisotopic (exact) mass is 466 g/mol. The first-order chi connectivity index (χ1) is 11.7. The molecule has 0 atom stereocenters. The number of nitrogens with one attached hydrogen (secondary N) is 1. The Bertz CT molecular complexity index is 419. The van der Waals surface area contributed by atoms with Gasteiger partial charge in [0.1, 0.15) is 0 Å². The molecule has 6 nitrogen and oxygen atoms in total. The van der Waals surface area contributed by atoms with E-state index in [1.165, 1.54) is 25.7 Å².